The van der Waals surface area contributed by atoms with Gasteiger partial charge in [0.2, 0.25) is 0 Å². The van der Waals surface area contributed by atoms with Gasteiger partial charge >= 0.3 is 0 Å². The van der Waals surface area contributed by atoms with Crippen LogP contribution >= 0.6 is 0 Å². The zero-order chi connectivity index (χ0) is 16.1. The summed E-state index contributed by atoms with van der Waals surface area (Å²) >= 11 is 0. The van der Waals surface area contributed by atoms with Crippen LogP contribution in [0.3, 0.4) is 0 Å². The SMILES string of the molecule is N#Cc1ccc(N2CCCN(c3cccc(C#N)n3)CC2)nn1. The van der Waals surface area contributed by atoms with Crippen molar-refractivity contribution in [2.75, 3.05) is 36.0 Å². The first-order valence-electron chi connectivity index (χ1n) is 7.41. The summed E-state index contributed by atoms with van der Waals surface area (Å²) in [6.07, 6.45) is 0.958. The Balaban J connectivity index is 1.71. The Labute approximate surface area is 134 Å². The molecule has 3 heterocycles. The third-order valence-electron chi connectivity index (χ3n) is 3.76. The molecular formula is C16H15N7. The molecule has 0 N–H and O–H groups in total. The van der Waals surface area contributed by atoms with Gasteiger partial charge in [0, 0.05) is 26.2 Å². The lowest BCUT2D eigenvalue weighted by atomic mass is 10.3. The topological polar surface area (TPSA) is 92.7 Å². The maximum absolute atomic E-state index is 8.97. The number of anilines is 2. The number of rotatable bonds is 2. The number of aromatic nitrogens is 3. The molecule has 3 rings (SSSR count). The van der Waals surface area contributed by atoms with Crippen LogP contribution in [-0.2, 0) is 0 Å². The van der Waals surface area contributed by atoms with Crippen LogP contribution in [0.1, 0.15) is 17.8 Å². The summed E-state index contributed by atoms with van der Waals surface area (Å²) in [6.45, 7) is 3.33. The van der Waals surface area contributed by atoms with E-state index in [-0.39, 0.29) is 0 Å². The summed E-state index contributed by atoms with van der Waals surface area (Å²) in [5.41, 5.74) is 0.754. The standard InChI is InChI=1S/C16H15N7/c17-11-13-3-1-4-15(19-13)22-7-2-8-23(10-9-22)16-6-5-14(12-18)20-21-16/h1,3-6H,2,7-10H2. The van der Waals surface area contributed by atoms with Crippen LogP contribution < -0.4 is 9.80 Å². The van der Waals surface area contributed by atoms with Crippen LogP contribution in [0.25, 0.3) is 0 Å². The molecule has 0 unspecified atom stereocenters. The molecule has 1 fully saturated rings. The number of hydrogen-bond donors (Lipinski definition) is 0. The summed E-state index contributed by atoms with van der Waals surface area (Å²) in [5, 5.41) is 25.8. The summed E-state index contributed by atoms with van der Waals surface area (Å²) < 4.78 is 0. The number of pyridine rings is 1. The van der Waals surface area contributed by atoms with Crippen LogP contribution in [0.2, 0.25) is 0 Å². The van der Waals surface area contributed by atoms with Crippen LogP contribution in [0.5, 0.6) is 0 Å². The minimum atomic E-state index is 0.322. The van der Waals surface area contributed by atoms with E-state index in [0.29, 0.717) is 11.4 Å². The Morgan fingerprint density at radius 2 is 1.52 bits per heavy atom. The van der Waals surface area contributed by atoms with E-state index in [0.717, 1.165) is 44.2 Å². The molecule has 1 aliphatic heterocycles. The van der Waals surface area contributed by atoms with Crippen LogP contribution in [0.4, 0.5) is 11.6 Å². The number of hydrogen-bond acceptors (Lipinski definition) is 7. The van der Waals surface area contributed by atoms with Gasteiger partial charge < -0.3 is 9.80 Å². The number of nitrogens with zero attached hydrogens (tertiary/aromatic N) is 7. The van der Waals surface area contributed by atoms with Gasteiger partial charge in [-0.2, -0.15) is 10.5 Å². The monoisotopic (exact) mass is 305 g/mol. The highest BCUT2D eigenvalue weighted by atomic mass is 15.3. The van der Waals surface area contributed by atoms with Gasteiger partial charge in [0.05, 0.1) is 0 Å². The lowest BCUT2D eigenvalue weighted by molar-refractivity contribution is 0.784. The Morgan fingerprint density at radius 1 is 0.783 bits per heavy atom. The summed E-state index contributed by atoms with van der Waals surface area (Å²) in [5.74, 6) is 1.61. The molecule has 23 heavy (non-hydrogen) atoms. The van der Waals surface area contributed by atoms with E-state index in [1.807, 2.05) is 24.3 Å². The fraction of sp³-hybridized carbons (Fsp3) is 0.312. The molecule has 7 nitrogen and oxygen atoms in total. The van der Waals surface area contributed by atoms with Crippen molar-refractivity contribution < 1.29 is 0 Å². The second-order valence-corrected chi connectivity index (χ2v) is 5.21. The second kappa shape index (κ2) is 6.71. The van der Waals surface area contributed by atoms with Crippen molar-refractivity contribution in [3.8, 4) is 12.1 Å². The molecule has 0 bridgehead atoms. The molecule has 1 aliphatic rings. The molecule has 2 aromatic rings. The lowest BCUT2D eigenvalue weighted by Crippen LogP contribution is -2.31. The highest BCUT2D eigenvalue weighted by Gasteiger charge is 2.17. The van der Waals surface area contributed by atoms with E-state index in [1.165, 1.54) is 0 Å². The van der Waals surface area contributed by atoms with E-state index in [2.05, 4.69) is 31.1 Å². The Hall–Kier alpha value is -3.19. The fourth-order valence-corrected chi connectivity index (χ4v) is 2.59. The normalized spacial score (nSPS) is 14.7. The quantitative estimate of drug-likeness (QED) is 0.826. The number of nitriles is 2. The predicted octanol–water partition coefficient (Wildman–Crippen LogP) is 1.33. The summed E-state index contributed by atoms with van der Waals surface area (Å²) in [6, 6.07) is 13.1. The molecule has 7 heteroatoms. The van der Waals surface area contributed by atoms with Crippen LogP contribution in [0.15, 0.2) is 30.3 Å². The van der Waals surface area contributed by atoms with Crippen molar-refractivity contribution >= 4 is 11.6 Å². The van der Waals surface area contributed by atoms with Gasteiger partial charge in [0.15, 0.2) is 11.5 Å². The molecule has 0 aromatic carbocycles. The first kappa shape index (κ1) is 14.7. The molecular weight excluding hydrogens is 290 g/mol. The smallest absolute Gasteiger partial charge is 0.163 e. The van der Waals surface area contributed by atoms with Crippen molar-refractivity contribution in [1.82, 2.24) is 15.2 Å². The zero-order valence-corrected chi connectivity index (χ0v) is 12.6. The van der Waals surface area contributed by atoms with Gasteiger partial charge in [-0.3, -0.25) is 0 Å². The van der Waals surface area contributed by atoms with Gasteiger partial charge in [-0.25, -0.2) is 4.98 Å². The molecule has 0 spiro atoms. The van der Waals surface area contributed by atoms with Gasteiger partial charge in [0.1, 0.15) is 23.7 Å². The van der Waals surface area contributed by atoms with Crippen LogP contribution in [0, 0.1) is 22.7 Å². The molecule has 2 aromatic heterocycles. The van der Waals surface area contributed by atoms with E-state index in [9.17, 15) is 0 Å². The van der Waals surface area contributed by atoms with E-state index in [4.69, 9.17) is 10.5 Å². The average molecular weight is 305 g/mol. The molecule has 0 atom stereocenters. The molecule has 0 aliphatic carbocycles. The summed E-state index contributed by atoms with van der Waals surface area (Å²) in [4.78, 5) is 8.69. The Bertz CT molecular complexity index is 757. The first-order valence-corrected chi connectivity index (χ1v) is 7.41. The maximum Gasteiger partial charge on any atom is 0.163 e. The van der Waals surface area contributed by atoms with Gasteiger partial charge in [-0.15, -0.1) is 10.2 Å². The minimum Gasteiger partial charge on any atom is -0.355 e. The van der Waals surface area contributed by atoms with Crippen molar-refractivity contribution in [1.29, 1.82) is 10.5 Å². The molecule has 114 valence electrons. The van der Waals surface area contributed by atoms with Crippen molar-refractivity contribution in [3.05, 3.63) is 41.7 Å². The third kappa shape index (κ3) is 3.35. The average Bonchev–Trinajstić information content (AvgIpc) is 2.88. The predicted molar refractivity (Wildman–Crippen MR) is 84.7 cm³/mol. The highest BCUT2D eigenvalue weighted by Crippen LogP contribution is 2.17. The Morgan fingerprint density at radius 3 is 2.17 bits per heavy atom. The van der Waals surface area contributed by atoms with Crippen molar-refractivity contribution in [3.63, 3.8) is 0 Å². The first-order chi connectivity index (χ1) is 11.3. The zero-order valence-electron chi connectivity index (χ0n) is 12.6. The summed E-state index contributed by atoms with van der Waals surface area (Å²) in [7, 11) is 0. The largest absolute Gasteiger partial charge is 0.355 e. The van der Waals surface area contributed by atoms with Crippen molar-refractivity contribution in [2.45, 2.75) is 6.42 Å². The Kier molecular flexibility index (Phi) is 4.30. The van der Waals surface area contributed by atoms with E-state index < -0.39 is 0 Å². The van der Waals surface area contributed by atoms with Crippen molar-refractivity contribution in [2.24, 2.45) is 0 Å². The van der Waals surface area contributed by atoms with Crippen LogP contribution in [-0.4, -0.2) is 41.4 Å². The molecule has 1 saturated heterocycles. The highest BCUT2D eigenvalue weighted by molar-refractivity contribution is 5.44. The van der Waals surface area contributed by atoms with Gasteiger partial charge in [0.25, 0.3) is 0 Å². The third-order valence-corrected chi connectivity index (χ3v) is 3.76. The second-order valence-electron chi connectivity index (χ2n) is 5.21. The molecule has 0 saturated carbocycles. The minimum absolute atomic E-state index is 0.322. The molecule has 0 radical (unpaired) electrons. The lowest BCUT2D eigenvalue weighted by Gasteiger charge is -2.23. The van der Waals surface area contributed by atoms with E-state index in [1.54, 1.807) is 12.1 Å². The molecule has 0 amide bonds. The van der Waals surface area contributed by atoms with Gasteiger partial charge in [-0.1, -0.05) is 6.07 Å². The maximum atomic E-state index is 8.97. The fourth-order valence-electron chi connectivity index (χ4n) is 2.59. The van der Waals surface area contributed by atoms with Gasteiger partial charge in [-0.05, 0) is 30.7 Å². The van der Waals surface area contributed by atoms with E-state index >= 15 is 0 Å².